The zero-order valence-corrected chi connectivity index (χ0v) is 10.0. The molecule has 0 spiro atoms. The minimum Gasteiger partial charge on any atom is -0.450 e. The van der Waals surface area contributed by atoms with Gasteiger partial charge >= 0.3 is 5.69 Å². The van der Waals surface area contributed by atoms with Gasteiger partial charge in [0.05, 0.1) is 10.5 Å². The van der Waals surface area contributed by atoms with Gasteiger partial charge in [0.1, 0.15) is 23.3 Å². The summed E-state index contributed by atoms with van der Waals surface area (Å²) in [7, 11) is 0. The van der Waals surface area contributed by atoms with Crippen LogP contribution in [0.3, 0.4) is 0 Å². The number of benzene rings is 2. The molecule has 20 heavy (non-hydrogen) atoms. The Morgan fingerprint density at radius 2 is 2.10 bits per heavy atom. The Kier molecular flexibility index (Phi) is 3.48. The fourth-order valence-electron chi connectivity index (χ4n) is 1.59. The Morgan fingerprint density at radius 3 is 2.70 bits per heavy atom. The second-order valence-corrected chi connectivity index (χ2v) is 3.81. The van der Waals surface area contributed by atoms with Crippen LogP contribution >= 0.6 is 0 Å². The van der Waals surface area contributed by atoms with Gasteiger partial charge in [0.15, 0.2) is 0 Å². The largest absolute Gasteiger partial charge is 0.450 e. The Morgan fingerprint density at radius 1 is 1.35 bits per heavy atom. The van der Waals surface area contributed by atoms with Crippen LogP contribution in [0.2, 0.25) is 0 Å². The highest BCUT2D eigenvalue weighted by molar-refractivity contribution is 5.66. The van der Waals surface area contributed by atoms with E-state index in [0.29, 0.717) is 0 Å². The number of para-hydroxylation sites is 1. The predicted octanol–water partition coefficient (Wildman–Crippen LogP) is 2.98. The third-order valence-electron chi connectivity index (χ3n) is 2.50. The number of nitriles is 1. The van der Waals surface area contributed by atoms with Crippen LogP contribution in [-0.2, 0) is 0 Å². The zero-order valence-electron chi connectivity index (χ0n) is 10.0. The Balaban J connectivity index is 2.41. The lowest BCUT2D eigenvalue weighted by atomic mass is 10.2. The number of hydrogen-bond donors (Lipinski definition) is 1. The van der Waals surface area contributed by atoms with Crippen LogP contribution in [0.25, 0.3) is 0 Å². The summed E-state index contributed by atoms with van der Waals surface area (Å²) in [5.41, 5.74) is 4.93. The molecule has 0 unspecified atom stereocenters. The van der Waals surface area contributed by atoms with Gasteiger partial charge in [0.25, 0.3) is 0 Å². The number of nitrogen functional groups attached to an aromatic ring is 1. The van der Waals surface area contributed by atoms with Crippen LogP contribution < -0.4 is 10.5 Å². The summed E-state index contributed by atoms with van der Waals surface area (Å²) in [6, 6.07) is 9.41. The number of rotatable bonds is 3. The number of nitrogens with two attached hydrogens (primary N) is 1. The highest BCUT2D eigenvalue weighted by atomic mass is 19.1. The number of anilines is 1. The van der Waals surface area contributed by atoms with Crippen LogP contribution in [0.5, 0.6) is 11.5 Å². The Bertz CT molecular complexity index is 725. The molecule has 2 aromatic rings. The van der Waals surface area contributed by atoms with Crippen molar-refractivity contribution in [1.82, 2.24) is 0 Å². The van der Waals surface area contributed by atoms with Crippen molar-refractivity contribution in [2.24, 2.45) is 0 Å². The lowest BCUT2D eigenvalue weighted by Gasteiger charge is -2.07. The molecule has 100 valence electrons. The van der Waals surface area contributed by atoms with Gasteiger partial charge in [0.2, 0.25) is 5.75 Å². The monoisotopic (exact) mass is 273 g/mol. The normalized spacial score (nSPS) is 9.80. The molecule has 0 amide bonds. The van der Waals surface area contributed by atoms with Crippen molar-refractivity contribution in [2.45, 2.75) is 0 Å². The van der Waals surface area contributed by atoms with Gasteiger partial charge in [-0.05, 0) is 24.3 Å². The molecule has 2 N–H and O–H groups in total. The molecule has 0 aliphatic carbocycles. The number of nitro benzene ring substituents is 1. The van der Waals surface area contributed by atoms with Crippen molar-refractivity contribution in [3.8, 4) is 17.6 Å². The van der Waals surface area contributed by atoms with E-state index in [1.165, 1.54) is 30.3 Å². The molecule has 0 radical (unpaired) electrons. The van der Waals surface area contributed by atoms with E-state index in [-0.39, 0.29) is 22.7 Å². The van der Waals surface area contributed by atoms with Crippen molar-refractivity contribution in [2.75, 3.05) is 5.73 Å². The molecule has 0 bridgehead atoms. The van der Waals surface area contributed by atoms with E-state index in [1.807, 2.05) is 0 Å². The molecule has 0 aliphatic heterocycles. The highest BCUT2D eigenvalue weighted by Gasteiger charge is 2.19. The quantitative estimate of drug-likeness (QED) is 0.526. The van der Waals surface area contributed by atoms with Gasteiger partial charge in [-0.25, -0.2) is 4.39 Å². The molecule has 0 fully saturated rings. The second-order valence-electron chi connectivity index (χ2n) is 3.81. The van der Waals surface area contributed by atoms with Gasteiger partial charge in [-0.2, -0.15) is 5.26 Å². The predicted molar refractivity (Wildman–Crippen MR) is 68.7 cm³/mol. The van der Waals surface area contributed by atoms with E-state index in [2.05, 4.69) is 0 Å². The molecule has 2 aromatic carbocycles. The number of ether oxygens (including phenoxy) is 1. The third kappa shape index (κ3) is 2.49. The first-order valence-corrected chi connectivity index (χ1v) is 5.43. The van der Waals surface area contributed by atoms with E-state index in [4.69, 9.17) is 15.7 Å². The van der Waals surface area contributed by atoms with E-state index in [9.17, 15) is 14.5 Å². The lowest BCUT2D eigenvalue weighted by Crippen LogP contribution is -1.98. The average molecular weight is 273 g/mol. The topological polar surface area (TPSA) is 102 Å². The van der Waals surface area contributed by atoms with Gasteiger partial charge < -0.3 is 10.5 Å². The fraction of sp³-hybridized carbons (Fsp3) is 0. The van der Waals surface area contributed by atoms with E-state index in [0.717, 1.165) is 6.07 Å². The van der Waals surface area contributed by atoms with Crippen LogP contribution in [0, 0.1) is 27.3 Å². The summed E-state index contributed by atoms with van der Waals surface area (Å²) in [4.78, 5) is 10.3. The molecule has 0 atom stereocenters. The SMILES string of the molecule is N#Cc1ccc(Oc2cccc(N)c2[N+](=O)[O-])cc1F. The van der Waals surface area contributed by atoms with Gasteiger partial charge in [-0.15, -0.1) is 0 Å². The minimum absolute atomic E-state index is 0.0372. The molecule has 0 saturated heterocycles. The maximum Gasteiger partial charge on any atom is 0.334 e. The molecule has 7 heteroatoms. The standard InChI is InChI=1S/C13H8FN3O3/c14-10-6-9(5-4-8(10)7-15)20-12-3-1-2-11(16)13(12)17(18)19/h1-6H,16H2. The Hall–Kier alpha value is -3.14. The first kappa shape index (κ1) is 13.3. The maximum absolute atomic E-state index is 13.4. The van der Waals surface area contributed by atoms with E-state index < -0.39 is 16.4 Å². The van der Waals surface area contributed by atoms with Crippen molar-refractivity contribution >= 4 is 11.4 Å². The first-order valence-electron chi connectivity index (χ1n) is 5.43. The highest BCUT2D eigenvalue weighted by Crippen LogP contribution is 2.35. The molecule has 0 saturated carbocycles. The van der Waals surface area contributed by atoms with Crippen molar-refractivity contribution in [3.05, 3.63) is 57.9 Å². The van der Waals surface area contributed by atoms with Gasteiger partial charge in [0, 0.05) is 6.07 Å². The maximum atomic E-state index is 13.4. The molecular weight excluding hydrogens is 265 g/mol. The third-order valence-corrected chi connectivity index (χ3v) is 2.50. The zero-order chi connectivity index (χ0) is 14.7. The summed E-state index contributed by atoms with van der Waals surface area (Å²) in [5, 5.41) is 19.5. The molecule has 0 aliphatic rings. The molecular formula is C13H8FN3O3. The Labute approximate surface area is 113 Å². The van der Waals surface area contributed by atoms with Crippen molar-refractivity contribution < 1.29 is 14.1 Å². The second kappa shape index (κ2) is 5.24. The van der Waals surface area contributed by atoms with Crippen LogP contribution in [0.1, 0.15) is 5.56 Å². The summed E-state index contributed by atoms with van der Waals surface area (Å²) >= 11 is 0. The van der Waals surface area contributed by atoms with Crippen molar-refractivity contribution in [1.29, 1.82) is 5.26 Å². The number of nitrogens with zero attached hydrogens (tertiary/aromatic N) is 2. The van der Waals surface area contributed by atoms with E-state index in [1.54, 1.807) is 6.07 Å². The molecule has 0 heterocycles. The average Bonchev–Trinajstić information content (AvgIpc) is 2.38. The number of halogens is 1. The van der Waals surface area contributed by atoms with Crippen molar-refractivity contribution in [3.63, 3.8) is 0 Å². The smallest absolute Gasteiger partial charge is 0.334 e. The van der Waals surface area contributed by atoms with Crippen LogP contribution in [-0.4, -0.2) is 4.92 Å². The number of hydrogen-bond acceptors (Lipinski definition) is 5. The number of nitro groups is 1. The van der Waals surface area contributed by atoms with E-state index >= 15 is 0 Å². The van der Waals surface area contributed by atoms with Gasteiger partial charge in [-0.1, -0.05) is 6.07 Å². The summed E-state index contributed by atoms with van der Waals surface area (Å²) in [5.74, 6) is -0.828. The molecule has 0 aromatic heterocycles. The van der Waals surface area contributed by atoms with Crippen LogP contribution in [0.15, 0.2) is 36.4 Å². The summed E-state index contributed by atoms with van der Waals surface area (Å²) < 4.78 is 18.7. The lowest BCUT2D eigenvalue weighted by molar-refractivity contribution is -0.384. The fourth-order valence-corrected chi connectivity index (χ4v) is 1.59. The summed E-state index contributed by atoms with van der Waals surface area (Å²) in [6.45, 7) is 0. The summed E-state index contributed by atoms with van der Waals surface area (Å²) in [6.07, 6.45) is 0. The van der Waals surface area contributed by atoms with Gasteiger partial charge in [-0.3, -0.25) is 10.1 Å². The molecule has 6 nitrogen and oxygen atoms in total. The van der Waals surface area contributed by atoms with Crippen LogP contribution in [0.4, 0.5) is 15.8 Å². The molecule has 2 rings (SSSR count). The minimum atomic E-state index is -0.767. The first-order chi connectivity index (χ1) is 9.52.